The molecule has 9 heteroatoms. The van der Waals surface area contributed by atoms with Crippen molar-refractivity contribution in [3.05, 3.63) is 95.9 Å². The van der Waals surface area contributed by atoms with Crippen LogP contribution in [0.15, 0.2) is 79.3 Å². The van der Waals surface area contributed by atoms with Crippen molar-refractivity contribution in [3.8, 4) is 5.75 Å². The number of rotatable bonds is 8. The summed E-state index contributed by atoms with van der Waals surface area (Å²) in [5, 5.41) is 3.93. The number of ether oxygens (including phenoxy) is 1. The minimum atomic E-state index is -3.62. The summed E-state index contributed by atoms with van der Waals surface area (Å²) >= 11 is 1.64. The summed E-state index contributed by atoms with van der Waals surface area (Å²) in [6, 6.07) is 18.4. The number of fused-ring (bicyclic) bond motifs is 1. The fraction of sp³-hybridized carbons (Fsp3) is 0.231. The highest BCUT2D eigenvalue weighted by atomic mass is 32.2. The molecular formula is C26H25N3O4S2. The molecule has 2 atom stereocenters. The van der Waals surface area contributed by atoms with Crippen molar-refractivity contribution in [1.82, 2.24) is 14.3 Å². The minimum Gasteiger partial charge on any atom is -0.489 e. The van der Waals surface area contributed by atoms with Gasteiger partial charge in [-0.3, -0.25) is 15.1 Å². The first-order valence-corrected chi connectivity index (χ1v) is 14.0. The summed E-state index contributed by atoms with van der Waals surface area (Å²) in [5.41, 5.74) is 2.84. The number of aromatic nitrogens is 2. The van der Waals surface area contributed by atoms with E-state index in [1.807, 2.05) is 42.5 Å². The highest BCUT2D eigenvalue weighted by molar-refractivity contribution is 7.99. The molecule has 0 spiro atoms. The minimum absolute atomic E-state index is 0.0386. The maximum absolute atomic E-state index is 13.5. The van der Waals surface area contributed by atoms with Crippen LogP contribution in [0.4, 0.5) is 0 Å². The van der Waals surface area contributed by atoms with E-state index in [2.05, 4.69) is 10.3 Å². The number of pyridine rings is 1. The molecule has 4 aromatic rings. The summed E-state index contributed by atoms with van der Waals surface area (Å²) in [6.07, 6.45) is 4.96. The van der Waals surface area contributed by atoms with Crippen molar-refractivity contribution < 1.29 is 17.9 Å². The third-order valence-corrected chi connectivity index (χ3v) is 8.91. The summed E-state index contributed by atoms with van der Waals surface area (Å²) in [6.45, 7) is 1.95. The fourth-order valence-corrected chi connectivity index (χ4v) is 6.33. The number of ketones is 1. The normalized spacial score (nSPS) is 18.1. The van der Waals surface area contributed by atoms with Crippen molar-refractivity contribution in [2.75, 3.05) is 11.5 Å². The summed E-state index contributed by atoms with van der Waals surface area (Å²) in [4.78, 5) is 17.7. The van der Waals surface area contributed by atoms with Crippen molar-refractivity contribution in [2.45, 2.75) is 24.9 Å². The van der Waals surface area contributed by atoms with Gasteiger partial charge in [0, 0.05) is 41.4 Å². The summed E-state index contributed by atoms with van der Waals surface area (Å²) in [5.74, 6) is 0.915. The number of nitrogens with zero attached hydrogens (tertiary/aromatic N) is 2. The molecule has 0 aliphatic carbocycles. The quantitative estimate of drug-likeness (QED) is 0.354. The standard InChI is InChI=1S/C26H25N3O4S2/c1-2-35(31,32)29-15-22(25(30)23-17-34-26(28-23)19-9-6-12-27-14-19)21-11-10-20(13-24(21)29)33-16-18-7-4-3-5-8-18/h3-15,23,26,28H,2,16-17H2,1H3. The molecule has 1 N–H and O–H groups in total. The maximum Gasteiger partial charge on any atom is 0.238 e. The average molecular weight is 508 g/mol. The van der Waals surface area contributed by atoms with Crippen LogP contribution in [0.1, 0.15) is 33.8 Å². The monoisotopic (exact) mass is 507 g/mol. The molecule has 2 aromatic heterocycles. The van der Waals surface area contributed by atoms with Gasteiger partial charge >= 0.3 is 0 Å². The molecule has 1 aliphatic heterocycles. The Labute approximate surface area is 208 Å². The first-order chi connectivity index (χ1) is 17.0. The Bertz CT molecular complexity index is 1450. The van der Waals surface area contributed by atoms with E-state index < -0.39 is 16.1 Å². The van der Waals surface area contributed by atoms with Gasteiger partial charge in [-0.15, -0.1) is 11.8 Å². The van der Waals surface area contributed by atoms with E-state index in [0.29, 0.717) is 34.6 Å². The van der Waals surface area contributed by atoms with Crippen molar-refractivity contribution in [3.63, 3.8) is 0 Å². The lowest BCUT2D eigenvalue weighted by atomic mass is 10.0. The van der Waals surface area contributed by atoms with Gasteiger partial charge in [0.25, 0.3) is 0 Å². The van der Waals surface area contributed by atoms with Crippen LogP contribution in [0.25, 0.3) is 10.9 Å². The lowest BCUT2D eigenvalue weighted by Gasteiger charge is -2.12. The first kappa shape index (κ1) is 23.6. The van der Waals surface area contributed by atoms with Crippen LogP contribution in [-0.2, 0) is 16.6 Å². The molecule has 3 heterocycles. The largest absolute Gasteiger partial charge is 0.489 e. The van der Waals surface area contributed by atoms with Gasteiger partial charge in [0.2, 0.25) is 10.0 Å². The second-order valence-electron chi connectivity index (χ2n) is 8.28. The van der Waals surface area contributed by atoms with Crippen LogP contribution in [0, 0.1) is 0 Å². The molecule has 0 bridgehead atoms. The van der Waals surface area contributed by atoms with Gasteiger partial charge in [0.1, 0.15) is 12.4 Å². The van der Waals surface area contributed by atoms with Crippen LogP contribution < -0.4 is 10.1 Å². The van der Waals surface area contributed by atoms with E-state index in [1.54, 1.807) is 49.3 Å². The molecular weight excluding hydrogens is 482 g/mol. The van der Waals surface area contributed by atoms with E-state index >= 15 is 0 Å². The summed E-state index contributed by atoms with van der Waals surface area (Å²) < 4.78 is 32.9. The van der Waals surface area contributed by atoms with Crippen LogP contribution in [0.3, 0.4) is 0 Å². The molecule has 0 amide bonds. The van der Waals surface area contributed by atoms with E-state index in [0.717, 1.165) is 11.1 Å². The molecule has 1 fully saturated rings. The Morgan fingerprint density at radius 3 is 2.74 bits per heavy atom. The second-order valence-corrected chi connectivity index (χ2v) is 11.5. The van der Waals surface area contributed by atoms with Gasteiger partial charge in [-0.2, -0.15) is 0 Å². The summed E-state index contributed by atoms with van der Waals surface area (Å²) in [7, 11) is -3.62. The third kappa shape index (κ3) is 4.84. The van der Waals surface area contributed by atoms with E-state index in [4.69, 9.17) is 4.74 Å². The van der Waals surface area contributed by atoms with E-state index in [9.17, 15) is 13.2 Å². The molecule has 5 rings (SSSR count). The number of Topliss-reactive ketones (excluding diaryl/α,β-unsaturated/α-hetero) is 1. The predicted octanol–water partition coefficient (Wildman–Crippen LogP) is 4.40. The number of nitrogens with one attached hydrogen (secondary N) is 1. The molecule has 180 valence electrons. The van der Waals surface area contributed by atoms with Crippen LogP contribution >= 0.6 is 11.8 Å². The Morgan fingerprint density at radius 1 is 1.17 bits per heavy atom. The molecule has 1 aliphatic rings. The Kier molecular flexibility index (Phi) is 6.64. The Balaban J connectivity index is 1.45. The van der Waals surface area contributed by atoms with Crippen molar-refractivity contribution in [2.24, 2.45) is 0 Å². The smallest absolute Gasteiger partial charge is 0.238 e. The Morgan fingerprint density at radius 2 is 2.00 bits per heavy atom. The maximum atomic E-state index is 13.5. The third-order valence-electron chi connectivity index (χ3n) is 6.01. The molecule has 2 aromatic carbocycles. The van der Waals surface area contributed by atoms with Gasteiger partial charge in [0.05, 0.1) is 22.7 Å². The highest BCUT2D eigenvalue weighted by Gasteiger charge is 2.33. The van der Waals surface area contributed by atoms with Crippen molar-refractivity contribution >= 4 is 38.5 Å². The molecule has 1 saturated heterocycles. The van der Waals surface area contributed by atoms with Gasteiger partial charge in [-0.25, -0.2) is 12.4 Å². The SMILES string of the molecule is CCS(=O)(=O)n1cc(C(=O)C2CSC(c3cccnc3)N2)c2ccc(OCc3ccccc3)cc21. The van der Waals surface area contributed by atoms with Gasteiger partial charge in [0.15, 0.2) is 5.78 Å². The van der Waals surface area contributed by atoms with Gasteiger partial charge in [-0.05, 0) is 36.2 Å². The van der Waals surface area contributed by atoms with Crippen LogP contribution in [0.2, 0.25) is 0 Å². The number of hydrogen-bond donors (Lipinski definition) is 1. The average Bonchev–Trinajstić information content (AvgIpc) is 3.54. The van der Waals surface area contributed by atoms with E-state index in [-0.39, 0.29) is 16.9 Å². The zero-order valence-corrected chi connectivity index (χ0v) is 20.8. The number of hydrogen-bond acceptors (Lipinski definition) is 7. The molecule has 2 unspecified atom stereocenters. The number of carbonyl (C=O) groups is 1. The van der Waals surface area contributed by atoms with Crippen LogP contribution in [-0.4, -0.2) is 40.7 Å². The number of benzene rings is 2. The fourth-order valence-electron chi connectivity index (χ4n) is 4.11. The van der Waals surface area contributed by atoms with Gasteiger partial charge in [-0.1, -0.05) is 36.4 Å². The topological polar surface area (TPSA) is 90.3 Å². The highest BCUT2D eigenvalue weighted by Crippen LogP contribution is 2.35. The lowest BCUT2D eigenvalue weighted by Crippen LogP contribution is -2.34. The van der Waals surface area contributed by atoms with E-state index in [1.165, 1.54) is 10.2 Å². The molecule has 0 radical (unpaired) electrons. The molecule has 7 nitrogen and oxygen atoms in total. The van der Waals surface area contributed by atoms with Gasteiger partial charge < -0.3 is 4.74 Å². The zero-order chi connectivity index (χ0) is 24.4. The molecule has 35 heavy (non-hydrogen) atoms. The lowest BCUT2D eigenvalue weighted by molar-refractivity contribution is 0.0957. The number of thioether (sulfide) groups is 1. The molecule has 0 saturated carbocycles. The Hall–Kier alpha value is -3.14. The van der Waals surface area contributed by atoms with Crippen molar-refractivity contribution in [1.29, 1.82) is 0 Å². The second kappa shape index (κ2) is 9.85. The predicted molar refractivity (Wildman–Crippen MR) is 138 cm³/mol. The van der Waals surface area contributed by atoms with Crippen LogP contribution in [0.5, 0.6) is 5.75 Å². The number of carbonyl (C=O) groups excluding carboxylic acids is 1. The first-order valence-electron chi connectivity index (χ1n) is 11.3. The zero-order valence-electron chi connectivity index (χ0n) is 19.1.